The number of carbonyl (C=O) groups is 2. The van der Waals surface area contributed by atoms with Gasteiger partial charge in [0.05, 0.1) is 53.1 Å². The number of likely N-dealkylation sites (tertiary alicyclic amines) is 1. The molecule has 15 nitrogen and oxygen atoms in total. The molecular weight excluding hydrogens is 858 g/mol. The van der Waals surface area contributed by atoms with Crippen LogP contribution in [0.4, 0.5) is 31.7 Å². The van der Waals surface area contributed by atoms with Crippen molar-refractivity contribution in [2.75, 3.05) is 55.5 Å². The number of piperidine rings is 1. The highest BCUT2D eigenvalue weighted by molar-refractivity contribution is 6.33. The summed E-state index contributed by atoms with van der Waals surface area (Å²) in [5.41, 5.74) is 5.92. The first kappa shape index (κ1) is 43.3. The minimum atomic E-state index is -2.87. The zero-order valence-electron chi connectivity index (χ0n) is 36.4. The van der Waals surface area contributed by atoms with E-state index in [1.807, 2.05) is 36.2 Å². The summed E-state index contributed by atoms with van der Waals surface area (Å²) in [6.45, 7) is 1.61. The second-order valence-corrected chi connectivity index (χ2v) is 18.4. The highest BCUT2D eigenvalue weighted by Crippen LogP contribution is 2.54. The SMILES string of the molecule is CNc1cc(N2CCc3c(-c4ccc(CN5CCC6(CCC(Oc7ccc(Cl)c(N8CCC(=O)NC8O)c7)CC6)C(F)(F)C5)cn4)cccc32)nn2c(C(=O)N[C@@H]3CC[C@H]3OC)cnc12. The molecule has 0 radical (unpaired) electrons. The maximum Gasteiger partial charge on any atom is 0.271 e. The van der Waals surface area contributed by atoms with Gasteiger partial charge in [-0.1, -0.05) is 29.8 Å². The number of aliphatic hydroxyl groups excluding tert-OH is 1. The fourth-order valence-corrected chi connectivity index (χ4v) is 10.6. The minimum Gasteiger partial charge on any atom is -0.490 e. The molecule has 342 valence electrons. The van der Waals surface area contributed by atoms with Gasteiger partial charge >= 0.3 is 0 Å². The van der Waals surface area contributed by atoms with Crippen molar-refractivity contribution in [3.8, 4) is 17.0 Å². The summed E-state index contributed by atoms with van der Waals surface area (Å²) in [5, 5.41) is 24.6. The number of hydrogen-bond acceptors (Lipinski definition) is 12. The van der Waals surface area contributed by atoms with E-state index in [1.54, 1.807) is 47.1 Å². The molecule has 1 spiro atoms. The van der Waals surface area contributed by atoms with Gasteiger partial charge in [0.15, 0.2) is 17.2 Å². The molecular formula is C47H53ClF2N10O5. The van der Waals surface area contributed by atoms with Crippen molar-refractivity contribution in [2.45, 2.75) is 94.9 Å². The number of benzene rings is 2. The van der Waals surface area contributed by atoms with Crippen molar-refractivity contribution in [3.63, 3.8) is 0 Å². The summed E-state index contributed by atoms with van der Waals surface area (Å²) in [5.74, 6) is -2.14. The fraction of sp³-hybridized carbons (Fsp3) is 0.468. The van der Waals surface area contributed by atoms with Crippen LogP contribution < -0.4 is 30.5 Å². The van der Waals surface area contributed by atoms with Gasteiger partial charge in [0, 0.05) is 75.2 Å². The standard InChI is InChI=1S/C47H53ClF2N10O5/c1-51-36-23-41(56-60-39(25-53-43(36)60)44(62)54-35-10-11-40(35)64-2)58-19-14-32-31(4-3-5-37(32)58)34-9-6-28(24-52-34)26-57-21-18-46(47(49,50)27-57)16-12-29(13-17-46)65-30-7-8-33(48)38(22-30)59-20-15-42(61)55-45(59)63/h3-9,22-25,29,35,40,45,51,63H,10-21,26-27H2,1-2H3,(H,54,62)(H,55,61)/t29?,35-,40-,45?,46?/m1/s1. The Balaban J connectivity index is 0.774. The van der Waals surface area contributed by atoms with Crippen LogP contribution in [0.1, 0.15) is 73.0 Å². The molecule has 2 amide bonds. The van der Waals surface area contributed by atoms with Gasteiger partial charge in [0.25, 0.3) is 11.8 Å². The van der Waals surface area contributed by atoms with Gasteiger partial charge in [0.1, 0.15) is 5.75 Å². The number of pyridine rings is 1. The lowest BCUT2D eigenvalue weighted by Gasteiger charge is -2.50. The molecule has 4 N–H and O–H groups in total. The fourth-order valence-electron chi connectivity index (χ4n) is 10.4. The molecule has 3 atom stereocenters. The van der Waals surface area contributed by atoms with E-state index in [1.165, 1.54) is 0 Å². The number of amides is 2. The number of carbonyl (C=O) groups excluding carboxylic acids is 2. The minimum absolute atomic E-state index is 0.00207. The summed E-state index contributed by atoms with van der Waals surface area (Å²) < 4.78 is 45.8. The van der Waals surface area contributed by atoms with Crippen LogP contribution in [-0.4, -0.2) is 112 Å². The molecule has 6 heterocycles. The lowest BCUT2D eigenvalue weighted by atomic mass is 9.65. The second-order valence-electron chi connectivity index (χ2n) is 18.0. The van der Waals surface area contributed by atoms with Crippen LogP contribution >= 0.6 is 11.6 Å². The van der Waals surface area contributed by atoms with Gasteiger partial charge < -0.3 is 40.3 Å². The van der Waals surface area contributed by atoms with E-state index in [0.717, 1.165) is 53.0 Å². The number of anilines is 4. The monoisotopic (exact) mass is 910 g/mol. The molecule has 2 saturated heterocycles. The Labute approximate surface area is 380 Å². The number of fused-ring (bicyclic) bond motifs is 2. The summed E-state index contributed by atoms with van der Waals surface area (Å²) >= 11 is 6.45. The van der Waals surface area contributed by atoms with E-state index < -0.39 is 17.7 Å². The second kappa shape index (κ2) is 17.3. The number of imidazole rings is 1. The number of alkyl halides is 2. The zero-order valence-corrected chi connectivity index (χ0v) is 37.2. The molecule has 65 heavy (non-hydrogen) atoms. The average molecular weight is 911 g/mol. The van der Waals surface area contributed by atoms with Gasteiger partial charge in [-0.2, -0.15) is 0 Å². The Morgan fingerprint density at radius 2 is 1.83 bits per heavy atom. The van der Waals surface area contributed by atoms with Crippen molar-refractivity contribution >= 4 is 51.9 Å². The average Bonchev–Trinajstić information content (AvgIpc) is 3.93. The molecule has 4 fully saturated rings. The molecule has 2 aliphatic carbocycles. The molecule has 5 aromatic rings. The van der Waals surface area contributed by atoms with E-state index >= 15 is 8.78 Å². The predicted octanol–water partition coefficient (Wildman–Crippen LogP) is 6.54. The Kier molecular flexibility index (Phi) is 11.5. The summed E-state index contributed by atoms with van der Waals surface area (Å²) in [4.78, 5) is 40.1. The Bertz CT molecular complexity index is 2600. The molecule has 3 aromatic heterocycles. The maximum atomic E-state index is 16.2. The van der Waals surface area contributed by atoms with Crippen LogP contribution in [0.3, 0.4) is 0 Å². The first-order valence-electron chi connectivity index (χ1n) is 22.5. The molecule has 0 bridgehead atoms. The first-order valence-corrected chi connectivity index (χ1v) is 22.9. The summed E-state index contributed by atoms with van der Waals surface area (Å²) in [6.07, 6.45) is 6.82. The predicted molar refractivity (Wildman–Crippen MR) is 242 cm³/mol. The molecule has 10 rings (SSSR count). The first-order chi connectivity index (χ1) is 31.4. The summed E-state index contributed by atoms with van der Waals surface area (Å²) in [7, 11) is 3.48. The van der Waals surface area contributed by atoms with E-state index in [2.05, 4.69) is 38.0 Å². The van der Waals surface area contributed by atoms with Crippen LogP contribution in [0.15, 0.2) is 67.0 Å². The number of methoxy groups -OCH3 is 1. The van der Waals surface area contributed by atoms with Crippen molar-refractivity contribution in [2.24, 2.45) is 5.41 Å². The zero-order chi connectivity index (χ0) is 45.0. The van der Waals surface area contributed by atoms with Crippen LogP contribution in [0.2, 0.25) is 5.02 Å². The van der Waals surface area contributed by atoms with Crippen molar-refractivity contribution in [1.82, 2.24) is 35.1 Å². The normalized spacial score (nSPS) is 25.3. The number of rotatable bonds is 11. The van der Waals surface area contributed by atoms with Gasteiger partial charge in [-0.25, -0.2) is 18.3 Å². The number of aliphatic hydroxyl groups is 1. The third kappa shape index (κ3) is 8.10. The number of hydrogen-bond donors (Lipinski definition) is 4. The molecule has 2 aromatic carbocycles. The van der Waals surface area contributed by atoms with Gasteiger partial charge in [-0.3, -0.25) is 19.5 Å². The molecule has 5 aliphatic rings. The molecule has 3 aliphatic heterocycles. The topological polar surface area (TPSA) is 162 Å². The van der Waals surface area contributed by atoms with Crippen LogP contribution in [0, 0.1) is 5.41 Å². The van der Waals surface area contributed by atoms with E-state index in [9.17, 15) is 14.7 Å². The smallest absolute Gasteiger partial charge is 0.271 e. The summed E-state index contributed by atoms with van der Waals surface area (Å²) in [6, 6.07) is 17.2. The highest BCUT2D eigenvalue weighted by Gasteiger charge is 2.57. The lowest BCUT2D eigenvalue weighted by molar-refractivity contribution is -0.189. The van der Waals surface area contributed by atoms with Gasteiger partial charge in [-0.05, 0) is 93.3 Å². The van der Waals surface area contributed by atoms with Crippen LogP contribution in [-0.2, 0) is 22.5 Å². The van der Waals surface area contributed by atoms with Gasteiger partial charge in [-0.15, -0.1) is 5.10 Å². The third-order valence-electron chi connectivity index (χ3n) is 14.3. The molecule has 2 saturated carbocycles. The number of nitrogens with one attached hydrogen (secondary N) is 3. The Hall–Kier alpha value is -5.62. The van der Waals surface area contributed by atoms with E-state index in [0.29, 0.717) is 91.9 Å². The van der Waals surface area contributed by atoms with Crippen LogP contribution in [0.5, 0.6) is 5.75 Å². The van der Waals surface area contributed by atoms with E-state index in [-0.39, 0.29) is 43.0 Å². The third-order valence-corrected chi connectivity index (χ3v) is 14.6. The van der Waals surface area contributed by atoms with Gasteiger partial charge in [0.2, 0.25) is 12.3 Å². The van der Waals surface area contributed by atoms with Crippen molar-refractivity contribution < 1.29 is 33.0 Å². The number of ether oxygens (including phenoxy) is 2. The van der Waals surface area contributed by atoms with Crippen molar-refractivity contribution in [3.05, 3.63) is 88.8 Å². The number of aromatic nitrogens is 4. The maximum absolute atomic E-state index is 16.2. The molecule has 18 heteroatoms. The highest BCUT2D eigenvalue weighted by atomic mass is 35.5. The largest absolute Gasteiger partial charge is 0.490 e. The Morgan fingerprint density at radius 1 is 0.985 bits per heavy atom. The van der Waals surface area contributed by atoms with Crippen molar-refractivity contribution in [1.29, 1.82) is 0 Å². The molecule has 1 unspecified atom stereocenters. The lowest BCUT2D eigenvalue weighted by Crippen LogP contribution is -2.57. The number of nitrogens with zero attached hydrogens (tertiary/aromatic N) is 7. The van der Waals surface area contributed by atoms with Crippen LogP contribution in [0.25, 0.3) is 16.9 Å². The quantitative estimate of drug-likeness (QED) is 0.114. The Morgan fingerprint density at radius 3 is 2.55 bits per heavy atom. The van der Waals surface area contributed by atoms with E-state index in [4.69, 9.17) is 31.2 Å². The number of halogens is 3.